The van der Waals surface area contributed by atoms with Crippen LogP contribution in [-0.2, 0) is 24.3 Å². The zero-order valence-corrected chi connectivity index (χ0v) is 13.2. The zero-order valence-electron chi connectivity index (χ0n) is 12.4. The predicted octanol–water partition coefficient (Wildman–Crippen LogP) is 0.398. The van der Waals surface area contributed by atoms with Crippen molar-refractivity contribution in [3.63, 3.8) is 0 Å². The van der Waals surface area contributed by atoms with Crippen LogP contribution in [0.15, 0.2) is 35.7 Å². The molecular weight excluding hydrogens is 320 g/mol. The van der Waals surface area contributed by atoms with Gasteiger partial charge in [-0.2, -0.15) is 0 Å². The van der Waals surface area contributed by atoms with Crippen molar-refractivity contribution in [2.45, 2.75) is 18.9 Å². The van der Waals surface area contributed by atoms with Crippen LogP contribution in [0.25, 0.3) is 6.08 Å². The van der Waals surface area contributed by atoms with Crippen molar-refractivity contribution in [1.29, 1.82) is 0 Å². The Balaban J connectivity index is 1.71. The second kappa shape index (κ2) is 7.89. The normalized spacial score (nSPS) is 14.6. The van der Waals surface area contributed by atoms with Gasteiger partial charge in [0.1, 0.15) is 6.54 Å². The molecule has 0 bridgehead atoms. The van der Waals surface area contributed by atoms with Crippen LogP contribution in [0.4, 0.5) is 0 Å². The number of nitrogens with one attached hydrogen (secondary N) is 2. The van der Waals surface area contributed by atoms with Gasteiger partial charge in [0.2, 0.25) is 10.0 Å². The second-order valence-electron chi connectivity index (χ2n) is 5.08. The summed E-state index contributed by atoms with van der Waals surface area (Å²) in [6.07, 6.45) is 3.29. The van der Waals surface area contributed by atoms with E-state index in [4.69, 9.17) is 0 Å². The minimum Gasteiger partial charge on any atom is -0.455 e. The lowest BCUT2D eigenvalue weighted by atomic mass is 10.2. The molecule has 1 fully saturated rings. The molecule has 1 amide bonds. The molecule has 0 saturated heterocycles. The van der Waals surface area contributed by atoms with Crippen LogP contribution >= 0.6 is 0 Å². The summed E-state index contributed by atoms with van der Waals surface area (Å²) in [5.41, 5.74) is 0.720. The Bertz CT molecular complexity index is 681. The molecule has 1 aliphatic rings. The highest BCUT2D eigenvalue weighted by atomic mass is 32.2. The van der Waals surface area contributed by atoms with E-state index < -0.39 is 29.1 Å². The Morgan fingerprint density at radius 1 is 1.22 bits per heavy atom. The van der Waals surface area contributed by atoms with E-state index in [2.05, 4.69) is 14.8 Å². The summed E-state index contributed by atoms with van der Waals surface area (Å²) in [7, 11) is -3.75. The van der Waals surface area contributed by atoms with Crippen LogP contribution in [0.2, 0.25) is 0 Å². The Hall–Kier alpha value is -2.19. The maximum Gasteiger partial charge on any atom is 0.321 e. The molecule has 1 saturated carbocycles. The number of hydrogen-bond acceptors (Lipinski definition) is 5. The van der Waals surface area contributed by atoms with Gasteiger partial charge in [-0.3, -0.25) is 9.59 Å². The van der Waals surface area contributed by atoms with Crippen molar-refractivity contribution >= 4 is 28.0 Å². The molecule has 0 heterocycles. The number of carbonyl (C=O) groups excluding carboxylic acids is 2. The van der Waals surface area contributed by atoms with Crippen molar-refractivity contribution < 1.29 is 22.7 Å². The third-order valence-electron chi connectivity index (χ3n) is 2.96. The van der Waals surface area contributed by atoms with E-state index in [0.717, 1.165) is 23.8 Å². The van der Waals surface area contributed by atoms with E-state index in [1.54, 1.807) is 24.3 Å². The highest BCUT2D eigenvalue weighted by molar-refractivity contribution is 7.92. The van der Waals surface area contributed by atoms with Gasteiger partial charge in [0, 0.05) is 11.4 Å². The van der Waals surface area contributed by atoms with Gasteiger partial charge in [0.25, 0.3) is 5.91 Å². The molecule has 0 spiro atoms. The van der Waals surface area contributed by atoms with E-state index in [1.807, 2.05) is 6.07 Å². The Morgan fingerprint density at radius 3 is 2.57 bits per heavy atom. The minimum absolute atomic E-state index is 0.183. The third kappa shape index (κ3) is 7.07. The molecule has 23 heavy (non-hydrogen) atoms. The van der Waals surface area contributed by atoms with Crippen LogP contribution in [-0.4, -0.2) is 39.5 Å². The monoisotopic (exact) mass is 338 g/mol. The third-order valence-corrected chi connectivity index (χ3v) is 4.00. The molecule has 8 heteroatoms. The molecule has 2 rings (SSSR count). The molecule has 0 aliphatic heterocycles. The SMILES string of the molecule is O=C(COC(=O)CNS(=O)(=O)/C=C/c1ccccc1)NC1CC1. The zero-order chi connectivity index (χ0) is 16.7. The number of benzene rings is 1. The molecule has 0 atom stereocenters. The summed E-state index contributed by atoms with van der Waals surface area (Å²) >= 11 is 0. The van der Waals surface area contributed by atoms with Crippen LogP contribution in [0, 0.1) is 0 Å². The fraction of sp³-hybridized carbons (Fsp3) is 0.333. The number of sulfonamides is 1. The standard InChI is InChI=1S/C15H18N2O5S/c18-14(17-13-6-7-13)11-22-15(19)10-16-23(20,21)9-8-12-4-2-1-3-5-12/h1-5,8-9,13,16H,6-7,10-11H2,(H,17,18)/b9-8+. The molecule has 1 aromatic carbocycles. The molecular formula is C15H18N2O5S. The van der Waals surface area contributed by atoms with Gasteiger partial charge in [-0.25, -0.2) is 13.1 Å². The van der Waals surface area contributed by atoms with Crippen molar-refractivity contribution in [2.75, 3.05) is 13.2 Å². The van der Waals surface area contributed by atoms with E-state index >= 15 is 0 Å². The van der Waals surface area contributed by atoms with Gasteiger partial charge in [-0.05, 0) is 24.5 Å². The van der Waals surface area contributed by atoms with Gasteiger partial charge in [-0.1, -0.05) is 30.3 Å². The maximum atomic E-state index is 11.7. The van der Waals surface area contributed by atoms with E-state index in [1.165, 1.54) is 6.08 Å². The van der Waals surface area contributed by atoms with Crippen LogP contribution in [0.3, 0.4) is 0 Å². The summed E-state index contributed by atoms with van der Waals surface area (Å²) in [6.45, 7) is -0.935. The highest BCUT2D eigenvalue weighted by Gasteiger charge is 2.23. The summed E-state index contributed by atoms with van der Waals surface area (Å²) in [5.74, 6) is -1.19. The van der Waals surface area contributed by atoms with Crippen LogP contribution < -0.4 is 10.0 Å². The second-order valence-corrected chi connectivity index (χ2v) is 6.73. The fourth-order valence-corrected chi connectivity index (χ4v) is 2.39. The average molecular weight is 338 g/mol. The first-order valence-corrected chi connectivity index (χ1v) is 8.67. The summed E-state index contributed by atoms with van der Waals surface area (Å²) < 4.78 is 30.2. The molecule has 0 aromatic heterocycles. The Kier molecular flexibility index (Phi) is 5.89. The largest absolute Gasteiger partial charge is 0.455 e. The first-order chi connectivity index (χ1) is 10.9. The number of rotatable bonds is 8. The first kappa shape index (κ1) is 17.2. The first-order valence-electron chi connectivity index (χ1n) is 7.12. The van der Waals surface area contributed by atoms with Crippen LogP contribution in [0.5, 0.6) is 0 Å². The van der Waals surface area contributed by atoms with Crippen molar-refractivity contribution in [2.24, 2.45) is 0 Å². The smallest absolute Gasteiger partial charge is 0.321 e. The summed E-state index contributed by atoms with van der Waals surface area (Å²) in [4.78, 5) is 22.7. The summed E-state index contributed by atoms with van der Waals surface area (Å²) in [6, 6.07) is 9.06. The number of hydrogen-bond donors (Lipinski definition) is 2. The molecule has 1 aliphatic carbocycles. The van der Waals surface area contributed by atoms with Gasteiger partial charge in [0.05, 0.1) is 0 Å². The topological polar surface area (TPSA) is 102 Å². The minimum atomic E-state index is -3.75. The van der Waals surface area contributed by atoms with Gasteiger partial charge >= 0.3 is 5.97 Å². The van der Waals surface area contributed by atoms with Gasteiger partial charge < -0.3 is 10.1 Å². The van der Waals surface area contributed by atoms with Crippen LogP contribution in [0.1, 0.15) is 18.4 Å². The maximum absolute atomic E-state index is 11.7. The van der Waals surface area contributed by atoms with Crippen molar-refractivity contribution in [3.05, 3.63) is 41.3 Å². The quantitative estimate of drug-likeness (QED) is 0.668. The predicted molar refractivity (Wildman–Crippen MR) is 84.5 cm³/mol. The molecule has 0 radical (unpaired) electrons. The molecule has 0 unspecified atom stereocenters. The van der Waals surface area contributed by atoms with Crippen molar-refractivity contribution in [1.82, 2.24) is 10.0 Å². The fourth-order valence-electron chi connectivity index (χ4n) is 1.63. The lowest BCUT2D eigenvalue weighted by molar-refractivity contribution is -0.147. The lowest BCUT2D eigenvalue weighted by Gasteiger charge is -2.06. The average Bonchev–Trinajstić information content (AvgIpc) is 3.34. The molecule has 124 valence electrons. The molecule has 2 N–H and O–H groups in total. The Morgan fingerprint density at radius 2 is 1.91 bits per heavy atom. The van der Waals surface area contributed by atoms with Gasteiger partial charge in [-0.15, -0.1) is 0 Å². The van der Waals surface area contributed by atoms with Gasteiger partial charge in [0.15, 0.2) is 6.61 Å². The Labute approximate surface area is 134 Å². The summed E-state index contributed by atoms with van der Waals surface area (Å²) in [5, 5.41) is 3.62. The van der Waals surface area contributed by atoms with E-state index in [-0.39, 0.29) is 11.9 Å². The highest BCUT2D eigenvalue weighted by Crippen LogP contribution is 2.18. The number of carbonyl (C=O) groups is 2. The van der Waals surface area contributed by atoms with E-state index in [9.17, 15) is 18.0 Å². The lowest BCUT2D eigenvalue weighted by Crippen LogP contribution is -2.34. The molecule has 7 nitrogen and oxygen atoms in total. The number of esters is 1. The van der Waals surface area contributed by atoms with Crippen molar-refractivity contribution in [3.8, 4) is 0 Å². The number of amides is 1. The number of ether oxygens (including phenoxy) is 1. The van der Waals surface area contributed by atoms with E-state index in [0.29, 0.717) is 0 Å². The molecule has 1 aromatic rings.